The lowest BCUT2D eigenvalue weighted by molar-refractivity contribution is 0.0692. The fourth-order valence-electron chi connectivity index (χ4n) is 3.12. The maximum absolute atomic E-state index is 13.4. The highest BCUT2D eigenvalue weighted by atomic mass is 32.2. The normalized spacial score (nSPS) is 11.4. The smallest absolute Gasteiger partial charge is 0.338 e. The van der Waals surface area contributed by atoms with Crippen molar-refractivity contribution < 1.29 is 23.1 Å². The van der Waals surface area contributed by atoms with Gasteiger partial charge in [-0.2, -0.15) is 0 Å². The quantitative estimate of drug-likeness (QED) is 0.510. The van der Waals surface area contributed by atoms with E-state index in [0.717, 1.165) is 3.97 Å². The first-order valence-corrected chi connectivity index (χ1v) is 9.99. The largest absolute Gasteiger partial charge is 0.478 e. The number of benzene rings is 2. The Kier molecular flexibility index (Phi) is 4.48. The summed E-state index contributed by atoms with van der Waals surface area (Å²) in [5, 5.41) is 9.92. The van der Waals surface area contributed by atoms with Gasteiger partial charge in [0.1, 0.15) is 11.4 Å². The molecule has 0 aliphatic heterocycles. The lowest BCUT2D eigenvalue weighted by atomic mass is 10.1. The molecule has 0 bridgehead atoms. The first-order valence-electron chi connectivity index (χ1n) is 8.55. The molecule has 2 heterocycles. The first kappa shape index (κ1) is 18.6. The van der Waals surface area contributed by atoms with Gasteiger partial charge in [-0.05, 0) is 36.4 Å². The zero-order valence-corrected chi connectivity index (χ0v) is 15.7. The average Bonchev–Trinajstić information content (AvgIpc) is 3.14. The van der Waals surface area contributed by atoms with Gasteiger partial charge in [-0.1, -0.05) is 36.4 Å². The van der Waals surface area contributed by atoms with Crippen LogP contribution in [-0.2, 0) is 10.0 Å². The van der Waals surface area contributed by atoms with Gasteiger partial charge >= 0.3 is 5.97 Å². The average molecular weight is 406 g/mol. The van der Waals surface area contributed by atoms with Gasteiger partial charge in [-0.15, -0.1) is 0 Å². The lowest BCUT2D eigenvalue weighted by Gasteiger charge is -2.12. The van der Waals surface area contributed by atoms with Gasteiger partial charge in [0.25, 0.3) is 10.0 Å². The molecule has 0 fully saturated rings. The molecule has 8 heteroatoms. The minimum Gasteiger partial charge on any atom is -0.478 e. The summed E-state index contributed by atoms with van der Waals surface area (Å²) in [7, 11) is -4.12. The molecular formula is C21H14N2O5S. The van der Waals surface area contributed by atoms with Crippen LogP contribution in [0.3, 0.4) is 0 Å². The number of carbonyl (C=O) groups excluding carboxylic acids is 1. The van der Waals surface area contributed by atoms with Gasteiger partial charge < -0.3 is 5.11 Å². The molecule has 4 aromatic rings. The Morgan fingerprint density at radius 3 is 2.31 bits per heavy atom. The Labute approximate surface area is 165 Å². The maximum Gasteiger partial charge on any atom is 0.338 e. The molecule has 0 spiro atoms. The molecule has 0 radical (unpaired) electrons. The molecule has 29 heavy (non-hydrogen) atoms. The van der Waals surface area contributed by atoms with Crippen LogP contribution in [0.1, 0.15) is 26.5 Å². The number of para-hydroxylation sites is 1. The van der Waals surface area contributed by atoms with Crippen LogP contribution in [0.2, 0.25) is 0 Å². The van der Waals surface area contributed by atoms with E-state index >= 15 is 0 Å². The summed E-state index contributed by atoms with van der Waals surface area (Å²) in [5.41, 5.74) is -0.498. The second kappa shape index (κ2) is 6.99. The number of hydrogen-bond donors (Lipinski definition) is 1. The molecule has 2 aromatic carbocycles. The van der Waals surface area contributed by atoms with Crippen molar-refractivity contribution in [2.24, 2.45) is 0 Å². The van der Waals surface area contributed by atoms with Crippen LogP contribution in [0.25, 0.3) is 10.9 Å². The van der Waals surface area contributed by atoms with Crippen LogP contribution >= 0.6 is 0 Å². The molecule has 144 valence electrons. The van der Waals surface area contributed by atoms with E-state index in [1.807, 2.05) is 0 Å². The second-order valence-corrected chi connectivity index (χ2v) is 7.99. The number of carbonyl (C=O) groups is 2. The van der Waals surface area contributed by atoms with E-state index in [4.69, 9.17) is 0 Å². The van der Waals surface area contributed by atoms with Crippen molar-refractivity contribution >= 4 is 32.7 Å². The van der Waals surface area contributed by atoms with Gasteiger partial charge in [0, 0.05) is 11.6 Å². The zero-order chi connectivity index (χ0) is 20.6. The van der Waals surface area contributed by atoms with E-state index < -0.39 is 21.8 Å². The van der Waals surface area contributed by atoms with Crippen LogP contribution in [0.15, 0.2) is 83.9 Å². The Balaban J connectivity index is 2.02. The molecule has 0 saturated carbocycles. The molecule has 0 amide bonds. The number of pyridine rings is 1. The lowest BCUT2D eigenvalue weighted by Crippen LogP contribution is -2.21. The summed E-state index contributed by atoms with van der Waals surface area (Å²) in [5.74, 6) is -2.12. The number of nitrogens with zero attached hydrogens (tertiary/aromatic N) is 2. The molecule has 0 aliphatic carbocycles. The fraction of sp³-hybridized carbons (Fsp3) is 0. The third-order valence-corrected chi connectivity index (χ3v) is 6.18. The molecule has 0 aliphatic rings. The van der Waals surface area contributed by atoms with Crippen LogP contribution in [-0.4, -0.2) is 34.2 Å². The number of hydrogen-bond acceptors (Lipinski definition) is 5. The predicted octanol–water partition coefficient (Wildman–Crippen LogP) is 3.20. The van der Waals surface area contributed by atoms with E-state index in [1.54, 1.807) is 42.5 Å². The van der Waals surface area contributed by atoms with Crippen molar-refractivity contribution in [3.05, 3.63) is 95.9 Å². The minimum absolute atomic E-state index is 0.00915. The number of rotatable bonds is 5. The minimum atomic E-state index is -4.12. The molecular weight excluding hydrogens is 392 g/mol. The maximum atomic E-state index is 13.4. The van der Waals surface area contributed by atoms with Gasteiger partial charge in [0.2, 0.25) is 5.78 Å². The molecule has 2 aromatic heterocycles. The number of carboxylic acid groups (broad SMARTS) is 1. The van der Waals surface area contributed by atoms with Crippen molar-refractivity contribution in [2.75, 3.05) is 0 Å². The van der Waals surface area contributed by atoms with Gasteiger partial charge in [0.15, 0.2) is 0 Å². The van der Waals surface area contributed by atoms with E-state index in [9.17, 15) is 23.1 Å². The van der Waals surface area contributed by atoms with Gasteiger partial charge in [-0.25, -0.2) is 17.2 Å². The predicted molar refractivity (Wildman–Crippen MR) is 106 cm³/mol. The number of carboxylic acids is 1. The van der Waals surface area contributed by atoms with E-state index in [-0.39, 0.29) is 21.8 Å². The molecule has 1 N–H and O–H groups in total. The molecule has 0 unspecified atom stereocenters. The first-order chi connectivity index (χ1) is 13.9. The Morgan fingerprint density at radius 2 is 1.59 bits per heavy atom. The number of ketones is 1. The summed E-state index contributed by atoms with van der Waals surface area (Å²) < 4.78 is 27.7. The number of aromatic carboxylic acids is 1. The highest BCUT2D eigenvalue weighted by Crippen LogP contribution is 2.27. The Hall–Kier alpha value is -3.78. The summed E-state index contributed by atoms with van der Waals surface area (Å²) in [4.78, 5) is 28.7. The summed E-state index contributed by atoms with van der Waals surface area (Å²) in [6, 6.07) is 18.5. The fourth-order valence-corrected chi connectivity index (χ4v) is 4.66. The zero-order valence-electron chi connectivity index (χ0n) is 14.9. The summed E-state index contributed by atoms with van der Waals surface area (Å²) in [6.07, 6.45) is 1.29. The SMILES string of the molecule is O=C(O)c1cccnc1C(=O)c1cc2ccccc2n1S(=O)(=O)c1ccccc1. The van der Waals surface area contributed by atoms with E-state index in [2.05, 4.69) is 4.98 Å². The molecule has 0 saturated heterocycles. The summed E-state index contributed by atoms with van der Waals surface area (Å²) >= 11 is 0. The molecule has 7 nitrogen and oxygen atoms in total. The van der Waals surface area contributed by atoms with Gasteiger partial charge in [-0.3, -0.25) is 9.78 Å². The van der Waals surface area contributed by atoms with Crippen LogP contribution in [0.4, 0.5) is 0 Å². The molecule has 4 rings (SSSR count). The number of aromatic nitrogens is 2. The summed E-state index contributed by atoms with van der Waals surface area (Å²) in [6.45, 7) is 0. The highest BCUT2D eigenvalue weighted by molar-refractivity contribution is 7.90. The van der Waals surface area contributed by atoms with Crippen LogP contribution in [0, 0.1) is 0 Å². The van der Waals surface area contributed by atoms with Crippen LogP contribution in [0.5, 0.6) is 0 Å². The van der Waals surface area contributed by atoms with Crippen molar-refractivity contribution in [1.29, 1.82) is 0 Å². The van der Waals surface area contributed by atoms with Gasteiger partial charge in [0.05, 0.1) is 16.0 Å². The van der Waals surface area contributed by atoms with E-state index in [0.29, 0.717) is 10.9 Å². The van der Waals surface area contributed by atoms with Crippen LogP contribution < -0.4 is 0 Å². The highest BCUT2D eigenvalue weighted by Gasteiger charge is 2.29. The van der Waals surface area contributed by atoms with Crippen molar-refractivity contribution in [3.63, 3.8) is 0 Å². The van der Waals surface area contributed by atoms with Crippen molar-refractivity contribution in [1.82, 2.24) is 8.96 Å². The third-order valence-electron chi connectivity index (χ3n) is 4.43. The Morgan fingerprint density at radius 1 is 0.897 bits per heavy atom. The number of fused-ring (bicyclic) bond motifs is 1. The molecule has 0 atom stereocenters. The second-order valence-electron chi connectivity index (χ2n) is 6.20. The van der Waals surface area contributed by atoms with Crippen molar-refractivity contribution in [3.8, 4) is 0 Å². The Bertz CT molecular complexity index is 1360. The van der Waals surface area contributed by atoms with E-state index in [1.165, 1.54) is 36.5 Å². The standard InChI is InChI=1S/C21H14N2O5S/c24-20(19-16(21(25)26)10-6-12-22-19)18-13-14-7-4-5-11-17(14)23(18)29(27,28)15-8-2-1-3-9-15/h1-13H,(H,25,26). The van der Waals surface area contributed by atoms with Crippen molar-refractivity contribution in [2.45, 2.75) is 4.90 Å². The third kappa shape index (κ3) is 3.09. The monoisotopic (exact) mass is 406 g/mol. The topological polar surface area (TPSA) is 106 Å².